The number of nitrogens with one attached hydrogen (secondary N) is 1. The van der Waals surface area contributed by atoms with E-state index in [4.69, 9.17) is 0 Å². The van der Waals surface area contributed by atoms with Crippen molar-refractivity contribution in [2.24, 2.45) is 0 Å². The molecule has 5 heteroatoms. The van der Waals surface area contributed by atoms with Crippen LogP contribution in [-0.2, 0) is 22.6 Å². The average molecular weight is 475 g/mol. The van der Waals surface area contributed by atoms with Crippen LogP contribution in [0.4, 0.5) is 0 Å². The van der Waals surface area contributed by atoms with Gasteiger partial charge in [0.15, 0.2) is 0 Å². The van der Waals surface area contributed by atoms with Crippen molar-refractivity contribution in [2.75, 3.05) is 5.75 Å². The van der Waals surface area contributed by atoms with Crippen molar-refractivity contribution in [1.29, 1.82) is 0 Å². The molecule has 0 unspecified atom stereocenters. The van der Waals surface area contributed by atoms with E-state index in [0.29, 0.717) is 13.0 Å². The molecule has 4 nitrogen and oxygen atoms in total. The van der Waals surface area contributed by atoms with Gasteiger partial charge in [-0.2, -0.15) is 0 Å². The number of benzene rings is 3. The van der Waals surface area contributed by atoms with E-state index in [1.165, 1.54) is 17.3 Å². The van der Waals surface area contributed by atoms with Crippen molar-refractivity contribution in [2.45, 2.75) is 57.1 Å². The number of thioether (sulfide) groups is 1. The van der Waals surface area contributed by atoms with Crippen molar-refractivity contribution in [3.63, 3.8) is 0 Å². The summed E-state index contributed by atoms with van der Waals surface area (Å²) >= 11 is 1.50. The maximum Gasteiger partial charge on any atom is 0.243 e. The first-order valence-electron chi connectivity index (χ1n) is 11.6. The standard InChI is InChI=1S/C29H34N2O2S/c1-22-15-17-25(18-16-22)34-21-27(32)31(20-24-13-9-6-10-14-24)26(28(33)30-29(2,3)4)19-23-11-7-5-8-12-23/h5-18,26H,19-21H2,1-4H3,(H,30,33)/t26-/m0/s1. The van der Waals surface area contributed by atoms with Crippen molar-refractivity contribution in [1.82, 2.24) is 10.2 Å². The lowest BCUT2D eigenvalue weighted by Gasteiger charge is -2.34. The molecule has 0 radical (unpaired) electrons. The highest BCUT2D eigenvalue weighted by Gasteiger charge is 2.32. The van der Waals surface area contributed by atoms with Crippen LogP contribution in [0.25, 0.3) is 0 Å². The number of nitrogens with zero attached hydrogens (tertiary/aromatic N) is 1. The van der Waals surface area contributed by atoms with Gasteiger partial charge in [0.1, 0.15) is 6.04 Å². The molecule has 1 atom stereocenters. The lowest BCUT2D eigenvalue weighted by molar-refractivity contribution is -0.140. The van der Waals surface area contributed by atoms with Crippen LogP contribution < -0.4 is 5.32 Å². The second kappa shape index (κ2) is 11.9. The first kappa shape index (κ1) is 25.6. The van der Waals surface area contributed by atoms with Crippen molar-refractivity contribution < 1.29 is 9.59 Å². The summed E-state index contributed by atoms with van der Waals surface area (Å²) in [5.74, 6) is 0.0738. The first-order valence-corrected chi connectivity index (χ1v) is 12.6. The zero-order valence-corrected chi connectivity index (χ0v) is 21.3. The Morgan fingerprint density at radius 1 is 0.853 bits per heavy atom. The Morgan fingerprint density at radius 2 is 1.41 bits per heavy atom. The Bertz CT molecular complexity index is 1060. The molecule has 34 heavy (non-hydrogen) atoms. The Labute approximate surface area is 207 Å². The SMILES string of the molecule is Cc1ccc(SCC(=O)N(Cc2ccccc2)[C@@H](Cc2ccccc2)C(=O)NC(C)(C)C)cc1. The summed E-state index contributed by atoms with van der Waals surface area (Å²) in [7, 11) is 0. The molecule has 0 heterocycles. The van der Waals surface area contributed by atoms with E-state index in [9.17, 15) is 9.59 Å². The van der Waals surface area contributed by atoms with Crippen LogP contribution >= 0.6 is 11.8 Å². The lowest BCUT2D eigenvalue weighted by atomic mass is 10.0. The molecule has 0 saturated carbocycles. The summed E-state index contributed by atoms with van der Waals surface area (Å²) in [6.45, 7) is 8.30. The van der Waals surface area contributed by atoms with Gasteiger partial charge in [0.25, 0.3) is 0 Å². The molecular formula is C29H34N2O2S. The van der Waals surface area contributed by atoms with Gasteiger partial charge in [0, 0.05) is 23.4 Å². The Kier molecular flexibility index (Phi) is 8.94. The second-order valence-electron chi connectivity index (χ2n) is 9.55. The van der Waals surface area contributed by atoms with E-state index in [0.717, 1.165) is 16.0 Å². The predicted octanol–water partition coefficient (Wildman–Crippen LogP) is 5.64. The predicted molar refractivity (Wildman–Crippen MR) is 141 cm³/mol. The third-order valence-electron chi connectivity index (χ3n) is 5.35. The zero-order chi connectivity index (χ0) is 24.6. The number of aryl methyl sites for hydroxylation is 1. The fourth-order valence-corrected chi connectivity index (χ4v) is 4.43. The van der Waals surface area contributed by atoms with E-state index in [1.807, 2.05) is 113 Å². The molecule has 0 aliphatic rings. The van der Waals surface area contributed by atoms with Crippen LogP contribution in [0.5, 0.6) is 0 Å². The third-order valence-corrected chi connectivity index (χ3v) is 6.35. The van der Waals surface area contributed by atoms with E-state index in [1.54, 1.807) is 4.90 Å². The summed E-state index contributed by atoms with van der Waals surface area (Å²) in [5, 5.41) is 3.10. The fourth-order valence-electron chi connectivity index (χ4n) is 3.65. The molecule has 178 valence electrons. The maximum absolute atomic E-state index is 13.6. The normalized spacial score (nSPS) is 12.1. The van der Waals surface area contributed by atoms with E-state index < -0.39 is 11.6 Å². The smallest absolute Gasteiger partial charge is 0.243 e. The summed E-state index contributed by atoms with van der Waals surface area (Å²) < 4.78 is 0. The molecule has 0 aromatic heterocycles. The van der Waals surface area contributed by atoms with E-state index in [2.05, 4.69) is 5.32 Å². The van der Waals surface area contributed by atoms with Gasteiger partial charge in [-0.3, -0.25) is 9.59 Å². The third kappa shape index (κ3) is 8.07. The highest BCUT2D eigenvalue weighted by Crippen LogP contribution is 2.22. The largest absolute Gasteiger partial charge is 0.350 e. The van der Waals surface area contributed by atoms with Crippen LogP contribution in [0.3, 0.4) is 0 Å². The molecule has 0 bridgehead atoms. The minimum absolute atomic E-state index is 0.0561. The number of rotatable bonds is 9. The number of hydrogen-bond donors (Lipinski definition) is 1. The molecule has 3 rings (SSSR count). The molecule has 0 spiro atoms. The minimum atomic E-state index is -0.618. The number of amides is 2. The van der Waals surface area contributed by atoms with Gasteiger partial charge < -0.3 is 10.2 Å². The maximum atomic E-state index is 13.6. The van der Waals surface area contributed by atoms with Gasteiger partial charge in [-0.15, -0.1) is 11.8 Å². The summed E-state index contributed by atoms with van der Waals surface area (Å²) in [6.07, 6.45) is 0.455. The summed E-state index contributed by atoms with van der Waals surface area (Å²) in [6, 6.07) is 27.3. The van der Waals surface area contributed by atoms with Crippen LogP contribution in [-0.4, -0.2) is 34.0 Å². The van der Waals surface area contributed by atoms with Gasteiger partial charge in [-0.1, -0.05) is 78.4 Å². The summed E-state index contributed by atoms with van der Waals surface area (Å²) in [5.41, 5.74) is 2.80. The van der Waals surface area contributed by atoms with E-state index >= 15 is 0 Å². The van der Waals surface area contributed by atoms with Gasteiger partial charge in [0.05, 0.1) is 5.75 Å². The molecule has 3 aromatic carbocycles. The van der Waals surface area contributed by atoms with Gasteiger partial charge in [-0.25, -0.2) is 0 Å². The molecule has 0 aliphatic heterocycles. The number of carbonyl (C=O) groups is 2. The van der Waals surface area contributed by atoms with Gasteiger partial charge in [0.2, 0.25) is 11.8 Å². The Morgan fingerprint density at radius 3 is 1.97 bits per heavy atom. The van der Waals surface area contributed by atoms with Crippen molar-refractivity contribution in [3.8, 4) is 0 Å². The Balaban J connectivity index is 1.89. The lowest BCUT2D eigenvalue weighted by Crippen LogP contribution is -2.54. The molecular weight excluding hydrogens is 440 g/mol. The van der Waals surface area contributed by atoms with Crippen LogP contribution in [0.15, 0.2) is 89.8 Å². The van der Waals surface area contributed by atoms with Crippen LogP contribution in [0.2, 0.25) is 0 Å². The highest BCUT2D eigenvalue weighted by molar-refractivity contribution is 8.00. The molecule has 0 fully saturated rings. The number of hydrogen-bond acceptors (Lipinski definition) is 3. The van der Waals surface area contributed by atoms with E-state index in [-0.39, 0.29) is 17.6 Å². The monoisotopic (exact) mass is 474 g/mol. The van der Waals surface area contributed by atoms with Crippen molar-refractivity contribution in [3.05, 3.63) is 102 Å². The second-order valence-corrected chi connectivity index (χ2v) is 10.6. The van der Waals surface area contributed by atoms with Crippen molar-refractivity contribution >= 4 is 23.6 Å². The van der Waals surface area contributed by atoms with Crippen LogP contribution in [0.1, 0.15) is 37.5 Å². The van der Waals surface area contributed by atoms with Gasteiger partial charge in [-0.05, 0) is 51.0 Å². The molecule has 0 saturated heterocycles. The quantitative estimate of drug-likeness (QED) is 0.408. The zero-order valence-electron chi connectivity index (χ0n) is 20.5. The molecule has 1 N–H and O–H groups in total. The minimum Gasteiger partial charge on any atom is -0.350 e. The Hall–Kier alpha value is -3.05. The summed E-state index contributed by atoms with van der Waals surface area (Å²) in [4.78, 5) is 29.9. The van der Waals surface area contributed by atoms with Gasteiger partial charge >= 0.3 is 0 Å². The number of carbonyl (C=O) groups excluding carboxylic acids is 2. The average Bonchev–Trinajstić information content (AvgIpc) is 2.81. The van der Waals surface area contributed by atoms with Crippen LogP contribution in [0, 0.1) is 6.92 Å². The first-order chi connectivity index (χ1) is 16.2. The molecule has 2 amide bonds. The topological polar surface area (TPSA) is 49.4 Å². The highest BCUT2D eigenvalue weighted by atomic mass is 32.2. The molecule has 0 aliphatic carbocycles. The molecule has 3 aromatic rings. The fraction of sp³-hybridized carbons (Fsp3) is 0.310.